The summed E-state index contributed by atoms with van der Waals surface area (Å²) in [6.07, 6.45) is 4.70. The lowest BCUT2D eigenvalue weighted by Crippen LogP contribution is -3.00. The van der Waals surface area contributed by atoms with Gasteiger partial charge in [-0.05, 0) is 38.1 Å². The number of imidazole rings is 1. The van der Waals surface area contributed by atoms with Crippen molar-refractivity contribution in [1.29, 1.82) is 0 Å². The number of rotatable bonds is 28. The molecule has 0 fully saturated rings. The Morgan fingerprint density at radius 2 is 1.58 bits per heavy atom. The van der Waals surface area contributed by atoms with Crippen LogP contribution in [0.5, 0.6) is 0 Å². The molecule has 29 heteroatoms. The van der Waals surface area contributed by atoms with E-state index in [0.29, 0.717) is 45.3 Å². The van der Waals surface area contributed by atoms with Crippen LogP contribution < -0.4 is 78.8 Å². The van der Waals surface area contributed by atoms with Crippen molar-refractivity contribution in [2.75, 3.05) is 43.6 Å². The maximum Gasteiger partial charge on any atom is 0.271 e. The molecule has 0 aromatic carbocycles. The van der Waals surface area contributed by atoms with Gasteiger partial charge in [-0.15, -0.1) is 22.7 Å². The molecule has 7 amide bonds. The van der Waals surface area contributed by atoms with Gasteiger partial charge in [0.1, 0.15) is 57.7 Å². The second kappa shape index (κ2) is 28.6. The minimum atomic E-state index is -1.69. The lowest BCUT2D eigenvalue weighted by atomic mass is 9.99. The fourth-order valence-electron chi connectivity index (χ4n) is 6.67. The molecule has 25 nitrogen and oxygen atoms in total. The van der Waals surface area contributed by atoms with Gasteiger partial charge in [0, 0.05) is 67.2 Å². The Kier molecular flexibility index (Phi) is 24.1. The third-order valence-corrected chi connectivity index (χ3v) is 13.5. The van der Waals surface area contributed by atoms with Crippen LogP contribution in [0.25, 0.3) is 10.7 Å². The van der Waals surface area contributed by atoms with Gasteiger partial charge in [-0.25, -0.2) is 24.9 Å². The monoisotopic (exact) mass is 1160 g/mol. The van der Waals surface area contributed by atoms with Gasteiger partial charge in [-0.3, -0.25) is 33.6 Å². The molecule has 0 aliphatic heterocycles. The van der Waals surface area contributed by atoms with Crippen LogP contribution in [0.4, 0.5) is 5.82 Å². The maximum absolute atomic E-state index is 13.9. The van der Waals surface area contributed by atoms with Gasteiger partial charge in [0.25, 0.3) is 11.8 Å². The van der Waals surface area contributed by atoms with Gasteiger partial charge in [-0.1, -0.05) is 6.92 Å². The molecule has 0 radical (unpaired) electrons. The first-order valence-electron chi connectivity index (χ1n) is 22.0. The standard InChI is InChI=1S/C42H62N16O9S3.HI/c1-19(37(63)56-31(22(4)59)39(65)49-10-8-29-53-27(17-68-29)42-54-26(16-69-42)38(64)48-9-7-11-70(5)6)12-20(2)52-41(67)32(33(61)25-15-47-18-51-25)57-40(66)30-21(3)34(45)58-36(55-30)24(13-28(44)60)50-14-23(43)35(46)62;/h15-20,22-24,31-33,50,59,61H,7-14,43H2,1-6H3,(H11-,44,45,46,47,48,49,51,52,55,56,57,58,60,62,63,64,65,66,67);1H/t19-,20+,22+,23-,24-,31-,32-,33-;/m0./s1. The quantitative estimate of drug-likeness (QED) is 0.0143. The van der Waals surface area contributed by atoms with Crippen molar-refractivity contribution in [2.45, 2.75) is 95.8 Å². The number of H-pyrrole nitrogens is 1. The Morgan fingerprint density at radius 3 is 2.21 bits per heavy atom. The number of anilines is 1. The molecule has 0 aliphatic carbocycles. The molecule has 0 spiro atoms. The van der Waals surface area contributed by atoms with Crippen LogP contribution in [-0.4, -0.2) is 150 Å². The van der Waals surface area contributed by atoms with E-state index in [1.165, 1.54) is 49.0 Å². The van der Waals surface area contributed by atoms with E-state index >= 15 is 0 Å². The molecule has 17 N–H and O–H groups in total. The predicted octanol–water partition coefficient (Wildman–Crippen LogP) is -5.42. The summed E-state index contributed by atoms with van der Waals surface area (Å²) in [6.45, 7) is 6.44. The zero-order chi connectivity index (χ0) is 51.8. The SMILES string of the molecule is Cc1c(N)nc([C@H](CC(N)=O)NC[C@H](N)C(N)=O)nc1C(=O)N[C@H](C(=O)N[C@H](C)C[C@H](C)C(=O)N[C@H](C(=O)NCCc1nc(-c2nc(C(=O)NCCC[S+](C)C)cs2)cs1)[C@@H](C)O)[C@@H](O)c1cnc[nH]1.[I-]. The fraction of sp³-hybridized carbons (Fsp3) is 0.524. The van der Waals surface area contributed by atoms with Crippen LogP contribution in [0, 0.1) is 12.8 Å². The first-order chi connectivity index (χ1) is 33.1. The minimum Gasteiger partial charge on any atom is -1.00 e. The lowest BCUT2D eigenvalue weighted by Gasteiger charge is -2.27. The summed E-state index contributed by atoms with van der Waals surface area (Å²) in [5, 5.41) is 42.8. The second-order valence-electron chi connectivity index (χ2n) is 16.8. The molecule has 4 aromatic heterocycles. The van der Waals surface area contributed by atoms with E-state index in [4.69, 9.17) is 22.9 Å². The number of carbonyl (C=O) groups excluding carboxylic acids is 7. The Morgan fingerprint density at radius 1 is 0.859 bits per heavy atom. The lowest BCUT2D eigenvalue weighted by molar-refractivity contribution is -0.133. The predicted molar refractivity (Wildman–Crippen MR) is 264 cm³/mol. The van der Waals surface area contributed by atoms with Crippen LogP contribution in [-0.2, 0) is 41.3 Å². The number of nitrogen functional groups attached to an aromatic ring is 1. The molecule has 0 aliphatic rings. The number of thiazole rings is 2. The highest BCUT2D eigenvalue weighted by molar-refractivity contribution is 7.95. The number of nitrogens with two attached hydrogens (primary N) is 4. The molecule has 0 bridgehead atoms. The third kappa shape index (κ3) is 18.3. The molecule has 0 saturated carbocycles. The van der Waals surface area contributed by atoms with E-state index in [9.17, 15) is 43.8 Å². The number of carbonyl (C=O) groups is 7. The van der Waals surface area contributed by atoms with E-state index in [0.717, 1.165) is 12.2 Å². The summed E-state index contributed by atoms with van der Waals surface area (Å²) in [5.41, 5.74) is 23.3. The number of aliphatic hydroxyl groups excluding tert-OH is 2. The molecule has 0 saturated heterocycles. The molecule has 8 atom stereocenters. The summed E-state index contributed by atoms with van der Waals surface area (Å²) in [5.74, 6) is -5.07. The fourth-order valence-corrected chi connectivity index (χ4v) is 9.00. The summed E-state index contributed by atoms with van der Waals surface area (Å²) < 4.78 is 0. The summed E-state index contributed by atoms with van der Waals surface area (Å²) in [4.78, 5) is 115. The highest BCUT2D eigenvalue weighted by atomic mass is 127. The van der Waals surface area contributed by atoms with E-state index < -0.39 is 90.2 Å². The number of aromatic nitrogens is 6. The first-order valence-corrected chi connectivity index (χ1v) is 26.0. The van der Waals surface area contributed by atoms with Crippen molar-refractivity contribution in [1.82, 2.24) is 61.8 Å². The largest absolute Gasteiger partial charge is 1.00 e. The van der Waals surface area contributed by atoms with Gasteiger partial charge in [0.2, 0.25) is 29.5 Å². The minimum absolute atomic E-state index is 0. The van der Waals surface area contributed by atoms with Crippen LogP contribution in [0.1, 0.15) is 95.2 Å². The highest BCUT2D eigenvalue weighted by Gasteiger charge is 2.35. The van der Waals surface area contributed by atoms with Crippen molar-refractivity contribution in [3.63, 3.8) is 0 Å². The van der Waals surface area contributed by atoms with Crippen LogP contribution in [0.15, 0.2) is 23.3 Å². The van der Waals surface area contributed by atoms with Gasteiger partial charge in [0.05, 0.1) is 53.9 Å². The van der Waals surface area contributed by atoms with Gasteiger partial charge < -0.3 is 94.0 Å². The Hall–Kier alpha value is -5.44. The van der Waals surface area contributed by atoms with Gasteiger partial charge >= 0.3 is 0 Å². The smallest absolute Gasteiger partial charge is 0.271 e. The van der Waals surface area contributed by atoms with Crippen LogP contribution in [0.2, 0.25) is 0 Å². The molecule has 4 aromatic rings. The molecule has 0 unspecified atom stereocenters. The average molecular weight is 1160 g/mol. The Balaban J connectivity index is 0.0000133. The van der Waals surface area contributed by atoms with E-state index in [-0.39, 0.29) is 78.0 Å². The number of amides is 7. The summed E-state index contributed by atoms with van der Waals surface area (Å²) in [7, 11) is 0.304. The van der Waals surface area contributed by atoms with Gasteiger partial charge in [0.15, 0.2) is 0 Å². The van der Waals surface area contributed by atoms with E-state index in [1.54, 1.807) is 19.2 Å². The number of hydrogen-bond acceptors (Lipinski definition) is 19. The number of nitrogens with one attached hydrogen (secondary N) is 7. The van der Waals surface area contributed by atoms with E-state index in [1.807, 2.05) is 5.38 Å². The third-order valence-electron chi connectivity index (χ3n) is 10.6. The van der Waals surface area contributed by atoms with Crippen molar-refractivity contribution < 1.29 is 67.8 Å². The highest BCUT2D eigenvalue weighted by Crippen LogP contribution is 2.26. The number of aliphatic hydroxyl groups is 2. The Bertz CT molecular complexity index is 2440. The zero-order valence-electron chi connectivity index (χ0n) is 40.0. The number of primary amides is 2. The summed E-state index contributed by atoms with van der Waals surface area (Å²) >= 11 is 2.66. The van der Waals surface area contributed by atoms with Crippen molar-refractivity contribution in [3.05, 3.63) is 56.8 Å². The maximum atomic E-state index is 13.9. The van der Waals surface area contributed by atoms with Crippen LogP contribution >= 0.6 is 22.7 Å². The Labute approximate surface area is 437 Å². The number of hydrogen-bond donors (Lipinski definition) is 13. The molecule has 71 heavy (non-hydrogen) atoms. The van der Waals surface area contributed by atoms with Crippen molar-refractivity contribution in [2.24, 2.45) is 23.1 Å². The summed E-state index contributed by atoms with van der Waals surface area (Å²) in [6, 6.07) is -5.99. The molecule has 4 heterocycles. The van der Waals surface area contributed by atoms with Gasteiger partial charge in [-0.2, -0.15) is 0 Å². The molecule has 390 valence electrons. The normalized spacial score (nSPS) is 14.6. The molecular weight excluding hydrogens is 1100 g/mol. The first kappa shape index (κ1) is 59.9. The zero-order valence-corrected chi connectivity index (χ0v) is 44.6. The topological polar surface area (TPSA) is 416 Å². The average Bonchev–Trinajstić information content (AvgIpc) is 4.11. The van der Waals surface area contributed by atoms with Crippen LogP contribution in [0.3, 0.4) is 0 Å². The number of halogens is 1. The number of nitrogens with zero attached hydrogens (tertiary/aromatic N) is 5. The molecule has 4 rings (SSSR count). The number of aromatic amines is 1. The second-order valence-corrected chi connectivity index (χ2v) is 20.9. The van der Waals surface area contributed by atoms with Crippen molar-refractivity contribution >= 4 is 80.7 Å². The molecular formula is C42H63IN16O9S3. The van der Waals surface area contributed by atoms with Crippen molar-refractivity contribution in [3.8, 4) is 10.7 Å². The van der Waals surface area contributed by atoms with E-state index in [2.05, 4.69) is 74.3 Å².